The Bertz CT molecular complexity index is 611. The molecule has 0 spiro atoms. The van der Waals surface area contributed by atoms with Gasteiger partial charge in [-0.3, -0.25) is 9.69 Å². The van der Waals surface area contributed by atoms with Crippen molar-refractivity contribution in [1.82, 2.24) is 15.2 Å². The summed E-state index contributed by atoms with van der Waals surface area (Å²) in [6, 6.07) is 9.84. The molecule has 3 rings (SSSR count). The van der Waals surface area contributed by atoms with Gasteiger partial charge in [0.2, 0.25) is 5.91 Å². The van der Waals surface area contributed by atoms with Crippen LogP contribution in [0, 0.1) is 6.92 Å². The molecule has 0 unspecified atom stereocenters. The van der Waals surface area contributed by atoms with E-state index < -0.39 is 0 Å². The van der Waals surface area contributed by atoms with E-state index >= 15 is 0 Å². The highest BCUT2D eigenvalue weighted by atomic mass is 32.1. The van der Waals surface area contributed by atoms with E-state index in [-0.39, 0.29) is 11.9 Å². The molecule has 5 heteroatoms. The first-order chi connectivity index (χ1) is 10.3. The summed E-state index contributed by atoms with van der Waals surface area (Å²) in [5.41, 5.74) is 4.07. The summed E-state index contributed by atoms with van der Waals surface area (Å²) in [7, 11) is 0. The molecule has 21 heavy (non-hydrogen) atoms. The molecule has 0 bridgehead atoms. The first kappa shape index (κ1) is 14.2. The summed E-state index contributed by atoms with van der Waals surface area (Å²) in [4.78, 5) is 20.1. The van der Waals surface area contributed by atoms with Crippen LogP contribution in [0.15, 0.2) is 35.8 Å². The highest BCUT2D eigenvalue weighted by Gasteiger charge is 2.30. The van der Waals surface area contributed by atoms with Gasteiger partial charge in [-0.05, 0) is 18.9 Å². The van der Waals surface area contributed by atoms with Gasteiger partial charge in [-0.2, -0.15) is 0 Å². The van der Waals surface area contributed by atoms with E-state index in [4.69, 9.17) is 0 Å². The van der Waals surface area contributed by atoms with Crippen LogP contribution in [0.4, 0.5) is 0 Å². The third-order valence-corrected chi connectivity index (χ3v) is 4.89. The van der Waals surface area contributed by atoms with Crippen LogP contribution in [0.3, 0.4) is 0 Å². The fourth-order valence-electron chi connectivity index (χ4n) is 2.76. The van der Waals surface area contributed by atoms with Crippen LogP contribution in [0.5, 0.6) is 0 Å². The van der Waals surface area contributed by atoms with Gasteiger partial charge in [0.1, 0.15) is 6.04 Å². The smallest absolute Gasteiger partial charge is 0.242 e. The number of benzene rings is 1. The summed E-state index contributed by atoms with van der Waals surface area (Å²) in [6.07, 6.45) is 0.952. The molecule has 1 fully saturated rings. The van der Waals surface area contributed by atoms with E-state index in [2.05, 4.69) is 15.2 Å². The van der Waals surface area contributed by atoms with E-state index in [1.165, 1.54) is 4.88 Å². The zero-order valence-electron chi connectivity index (χ0n) is 12.1. The number of nitrogens with one attached hydrogen (secondary N) is 1. The number of piperazine rings is 1. The van der Waals surface area contributed by atoms with Gasteiger partial charge in [0.25, 0.3) is 0 Å². The van der Waals surface area contributed by atoms with Crippen molar-refractivity contribution in [1.29, 1.82) is 0 Å². The Hall–Kier alpha value is -1.72. The molecule has 1 aliphatic rings. The summed E-state index contributed by atoms with van der Waals surface area (Å²) >= 11 is 1.70. The SMILES string of the molecule is Cc1ncsc1CCN1CCNC(=O)[C@@H]1c1ccccc1. The number of aryl methyl sites for hydroxylation is 1. The fraction of sp³-hybridized carbons (Fsp3) is 0.375. The number of hydrogen-bond donors (Lipinski definition) is 1. The van der Waals surface area contributed by atoms with Crippen molar-refractivity contribution in [2.45, 2.75) is 19.4 Å². The highest BCUT2D eigenvalue weighted by Crippen LogP contribution is 2.24. The van der Waals surface area contributed by atoms with Crippen molar-refractivity contribution in [2.75, 3.05) is 19.6 Å². The second-order valence-corrected chi connectivity index (χ2v) is 6.19. The van der Waals surface area contributed by atoms with Crippen molar-refractivity contribution in [3.63, 3.8) is 0 Å². The Morgan fingerprint density at radius 2 is 2.19 bits per heavy atom. The summed E-state index contributed by atoms with van der Waals surface area (Å²) < 4.78 is 0. The van der Waals surface area contributed by atoms with Crippen molar-refractivity contribution in [3.8, 4) is 0 Å². The molecule has 110 valence electrons. The van der Waals surface area contributed by atoms with Gasteiger partial charge in [0.05, 0.1) is 11.2 Å². The lowest BCUT2D eigenvalue weighted by molar-refractivity contribution is -0.129. The van der Waals surface area contributed by atoms with E-state index in [9.17, 15) is 4.79 Å². The summed E-state index contributed by atoms with van der Waals surface area (Å²) in [6.45, 7) is 4.55. The van der Waals surface area contributed by atoms with Crippen LogP contribution >= 0.6 is 11.3 Å². The predicted molar refractivity (Wildman–Crippen MR) is 84.3 cm³/mol. The van der Waals surface area contributed by atoms with Gasteiger partial charge < -0.3 is 5.32 Å². The Balaban J connectivity index is 1.75. The van der Waals surface area contributed by atoms with Crippen LogP contribution in [0.25, 0.3) is 0 Å². The van der Waals surface area contributed by atoms with Crippen LogP contribution < -0.4 is 5.32 Å². The maximum absolute atomic E-state index is 12.3. The molecule has 0 saturated carbocycles. The lowest BCUT2D eigenvalue weighted by Crippen LogP contribution is -2.50. The Morgan fingerprint density at radius 1 is 1.38 bits per heavy atom. The minimum absolute atomic E-state index is 0.105. The summed E-state index contributed by atoms with van der Waals surface area (Å²) in [5, 5.41) is 2.97. The first-order valence-electron chi connectivity index (χ1n) is 7.21. The van der Waals surface area contributed by atoms with Gasteiger partial charge in [-0.15, -0.1) is 11.3 Å². The van der Waals surface area contributed by atoms with Gasteiger partial charge in [0.15, 0.2) is 0 Å². The minimum Gasteiger partial charge on any atom is -0.353 e. The van der Waals surface area contributed by atoms with Gasteiger partial charge in [0, 0.05) is 24.5 Å². The van der Waals surface area contributed by atoms with Crippen LogP contribution in [0.1, 0.15) is 22.2 Å². The zero-order chi connectivity index (χ0) is 14.7. The third kappa shape index (κ3) is 3.14. The molecule has 1 aromatic heterocycles. The van der Waals surface area contributed by atoms with E-state index in [1.54, 1.807) is 11.3 Å². The topological polar surface area (TPSA) is 45.2 Å². The van der Waals surface area contributed by atoms with E-state index in [1.807, 2.05) is 42.8 Å². The second-order valence-electron chi connectivity index (χ2n) is 5.25. The molecule has 1 aromatic carbocycles. The maximum atomic E-state index is 12.3. The number of nitrogens with zero attached hydrogens (tertiary/aromatic N) is 2. The molecule has 2 aromatic rings. The molecule has 0 radical (unpaired) electrons. The van der Waals surface area contributed by atoms with Gasteiger partial charge >= 0.3 is 0 Å². The molecule has 2 heterocycles. The predicted octanol–water partition coefficient (Wildman–Crippen LogP) is 2.17. The van der Waals surface area contributed by atoms with Crippen molar-refractivity contribution in [2.24, 2.45) is 0 Å². The quantitative estimate of drug-likeness (QED) is 0.941. The lowest BCUT2D eigenvalue weighted by atomic mass is 10.0. The third-order valence-electron chi connectivity index (χ3n) is 3.90. The molecular weight excluding hydrogens is 282 g/mol. The van der Waals surface area contributed by atoms with Crippen LogP contribution in [-0.2, 0) is 11.2 Å². The normalized spacial score (nSPS) is 19.5. The molecule has 4 nitrogen and oxygen atoms in total. The molecule has 1 saturated heterocycles. The number of carbonyl (C=O) groups is 1. The standard InChI is InChI=1S/C16H19N3OS/c1-12-14(21-11-18-12)7-9-19-10-8-17-16(20)15(19)13-5-3-2-4-6-13/h2-6,11,15H,7-10H2,1H3,(H,17,20)/t15-/m0/s1. The molecule has 1 N–H and O–H groups in total. The monoisotopic (exact) mass is 301 g/mol. The van der Waals surface area contributed by atoms with Crippen molar-refractivity contribution in [3.05, 3.63) is 52.0 Å². The number of rotatable bonds is 4. The molecule has 0 aliphatic carbocycles. The number of amides is 1. The van der Waals surface area contributed by atoms with E-state index in [0.29, 0.717) is 0 Å². The summed E-state index contributed by atoms with van der Waals surface area (Å²) in [5.74, 6) is 0.105. The highest BCUT2D eigenvalue weighted by molar-refractivity contribution is 7.09. The number of carbonyl (C=O) groups excluding carboxylic acids is 1. The van der Waals surface area contributed by atoms with Crippen molar-refractivity contribution >= 4 is 17.2 Å². The average Bonchev–Trinajstić information content (AvgIpc) is 2.91. The minimum atomic E-state index is -0.173. The molecule has 1 atom stereocenters. The Labute approximate surface area is 128 Å². The number of hydrogen-bond acceptors (Lipinski definition) is 4. The molecule has 1 aliphatic heterocycles. The Kier molecular flexibility index (Phi) is 4.31. The van der Waals surface area contributed by atoms with E-state index in [0.717, 1.165) is 37.3 Å². The number of thiazole rings is 1. The maximum Gasteiger partial charge on any atom is 0.242 e. The van der Waals surface area contributed by atoms with Gasteiger partial charge in [-0.1, -0.05) is 30.3 Å². The zero-order valence-corrected chi connectivity index (χ0v) is 12.9. The molecule has 1 amide bonds. The fourth-order valence-corrected chi connectivity index (χ4v) is 3.53. The lowest BCUT2D eigenvalue weighted by Gasteiger charge is -2.35. The molecular formula is C16H19N3OS. The Morgan fingerprint density at radius 3 is 2.90 bits per heavy atom. The second kappa shape index (κ2) is 6.37. The van der Waals surface area contributed by atoms with Gasteiger partial charge in [-0.25, -0.2) is 4.98 Å². The average molecular weight is 301 g/mol. The van der Waals surface area contributed by atoms with Crippen molar-refractivity contribution < 1.29 is 4.79 Å². The van der Waals surface area contributed by atoms with Crippen LogP contribution in [0.2, 0.25) is 0 Å². The largest absolute Gasteiger partial charge is 0.353 e. The van der Waals surface area contributed by atoms with Crippen LogP contribution in [-0.4, -0.2) is 35.4 Å². The first-order valence-corrected chi connectivity index (χ1v) is 8.09. The number of aromatic nitrogens is 1.